The van der Waals surface area contributed by atoms with E-state index in [0.717, 1.165) is 37.9 Å². The Morgan fingerprint density at radius 2 is 1.96 bits per heavy atom. The zero-order valence-corrected chi connectivity index (χ0v) is 15.9. The maximum Gasteiger partial charge on any atom is 0.407 e. The lowest BCUT2D eigenvalue weighted by atomic mass is 10.0. The maximum absolute atomic E-state index is 12.2. The van der Waals surface area contributed by atoms with Crippen LogP contribution in [0, 0.1) is 5.92 Å². The lowest BCUT2D eigenvalue weighted by molar-refractivity contribution is 0.0500. The first-order valence-electron chi connectivity index (χ1n) is 9.41. The number of ketones is 1. The summed E-state index contributed by atoms with van der Waals surface area (Å²) in [5, 5.41) is 2.95. The third kappa shape index (κ3) is 4.68. The van der Waals surface area contributed by atoms with Gasteiger partial charge in [0.1, 0.15) is 5.60 Å². The largest absolute Gasteiger partial charge is 0.444 e. The monoisotopic (exact) mass is 359 g/mol. The van der Waals surface area contributed by atoms with Gasteiger partial charge in [-0.15, -0.1) is 0 Å². The minimum atomic E-state index is -0.507. The van der Waals surface area contributed by atoms with Gasteiger partial charge in [-0.05, 0) is 64.7 Å². The smallest absolute Gasteiger partial charge is 0.407 e. The molecule has 1 heterocycles. The van der Waals surface area contributed by atoms with E-state index in [0.29, 0.717) is 17.8 Å². The molecule has 1 unspecified atom stereocenters. The molecule has 1 aliphatic carbocycles. The number of amides is 1. The molecule has 0 bridgehead atoms. The van der Waals surface area contributed by atoms with Gasteiger partial charge in [0.05, 0.1) is 11.4 Å². The van der Waals surface area contributed by atoms with Crippen LogP contribution in [-0.2, 0) is 4.74 Å². The first-order valence-corrected chi connectivity index (χ1v) is 9.41. The third-order valence-electron chi connectivity index (χ3n) is 4.74. The molecular formula is C20H29N3O3. The fraction of sp³-hybridized carbons (Fsp3) is 0.600. The van der Waals surface area contributed by atoms with Gasteiger partial charge >= 0.3 is 6.09 Å². The Bertz CT molecular complexity index is 692. The molecule has 26 heavy (non-hydrogen) atoms. The molecule has 6 heteroatoms. The highest BCUT2D eigenvalue weighted by molar-refractivity contribution is 6.00. The quantitative estimate of drug-likeness (QED) is 0.636. The number of nitrogens with zero attached hydrogens (tertiary/aromatic N) is 1. The molecule has 0 spiro atoms. The molecular weight excluding hydrogens is 330 g/mol. The van der Waals surface area contributed by atoms with E-state index in [1.807, 2.05) is 32.9 Å². The van der Waals surface area contributed by atoms with Gasteiger partial charge in [-0.2, -0.15) is 0 Å². The van der Waals surface area contributed by atoms with E-state index >= 15 is 0 Å². The highest BCUT2D eigenvalue weighted by atomic mass is 16.6. The summed E-state index contributed by atoms with van der Waals surface area (Å²) >= 11 is 0. The third-order valence-corrected chi connectivity index (χ3v) is 4.74. The Kier molecular flexibility index (Phi) is 5.12. The second-order valence-electron chi connectivity index (χ2n) is 8.34. The predicted molar refractivity (Wildman–Crippen MR) is 103 cm³/mol. The molecule has 1 saturated carbocycles. The highest BCUT2D eigenvalue weighted by Crippen LogP contribution is 2.34. The van der Waals surface area contributed by atoms with Crippen molar-refractivity contribution in [1.82, 2.24) is 5.32 Å². The van der Waals surface area contributed by atoms with Crippen LogP contribution in [0.1, 0.15) is 56.8 Å². The van der Waals surface area contributed by atoms with Crippen LogP contribution in [0.2, 0.25) is 0 Å². The van der Waals surface area contributed by atoms with Crippen molar-refractivity contribution in [2.24, 2.45) is 5.92 Å². The number of benzene rings is 1. The molecule has 0 radical (unpaired) electrons. The van der Waals surface area contributed by atoms with Crippen molar-refractivity contribution in [3.63, 3.8) is 0 Å². The zero-order chi connectivity index (χ0) is 18.9. The summed E-state index contributed by atoms with van der Waals surface area (Å²) in [4.78, 5) is 26.4. The van der Waals surface area contributed by atoms with Crippen molar-refractivity contribution in [3.05, 3.63) is 23.8 Å². The summed E-state index contributed by atoms with van der Waals surface area (Å²) in [5.74, 6) is 0.393. The average Bonchev–Trinajstić information content (AvgIpc) is 3.37. The Balaban J connectivity index is 1.63. The summed E-state index contributed by atoms with van der Waals surface area (Å²) < 4.78 is 5.34. The van der Waals surface area contributed by atoms with E-state index in [2.05, 4.69) is 10.2 Å². The molecule has 3 N–H and O–H groups in total. The molecule has 1 aliphatic heterocycles. The van der Waals surface area contributed by atoms with Gasteiger partial charge in [0.15, 0.2) is 5.78 Å². The summed E-state index contributed by atoms with van der Waals surface area (Å²) in [6.07, 6.45) is 3.47. The van der Waals surface area contributed by atoms with Crippen molar-refractivity contribution in [3.8, 4) is 0 Å². The first kappa shape index (κ1) is 18.5. The first-order chi connectivity index (χ1) is 12.2. The SMILES string of the molecule is CC(C)(C)OC(=O)NC1CCCN(c2ccc(C(=O)C3CC3)cc2N)C1. The van der Waals surface area contributed by atoms with E-state index in [9.17, 15) is 9.59 Å². The van der Waals surface area contributed by atoms with E-state index in [4.69, 9.17) is 10.5 Å². The summed E-state index contributed by atoms with van der Waals surface area (Å²) in [7, 11) is 0. The van der Waals surface area contributed by atoms with Crippen LogP contribution in [0.15, 0.2) is 18.2 Å². The fourth-order valence-corrected chi connectivity index (χ4v) is 3.36. The number of carbonyl (C=O) groups excluding carboxylic acids is 2. The molecule has 0 aromatic heterocycles. The van der Waals surface area contributed by atoms with Crippen molar-refractivity contribution in [1.29, 1.82) is 0 Å². The van der Waals surface area contributed by atoms with Gasteiger partial charge in [-0.3, -0.25) is 4.79 Å². The second kappa shape index (κ2) is 7.17. The van der Waals surface area contributed by atoms with Crippen molar-refractivity contribution >= 4 is 23.3 Å². The molecule has 6 nitrogen and oxygen atoms in total. The normalized spacial score (nSPS) is 20.6. The van der Waals surface area contributed by atoms with E-state index in [1.54, 1.807) is 6.07 Å². The number of carbonyl (C=O) groups is 2. The summed E-state index contributed by atoms with van der Waals surface area (Å²) in [6, 6.07) is 5.62. The van der Waals surface area contributed by atoms with Crippen molar-refractivity contribution in [2.45, 2.75) is 58.1 Å². The van der Waals surface area contributed by atoms with Crippen LogP contribution in [0.3, 0.4) is 0 Å². The minimum Gasteiger partial charge on any atom is -0.444 e. The Morgan fingerprint density at radius 1 is 1.23 bits per heavy atom. The predicted octanol–water partition coefficient (Wildman–Crippen LogP) is 3.36. The van der Waals surface area contributed by atoms with Crippen molar-refractivity contribution in [2.75, 3.05) is 23.7 Å². The molecule has 1 saturated heterocycles. The fourth-order valence-electron chi connectivity index (χ4n) is 3.36. The van der Waals surface area contributed by atoms with Gasteiger partial charge < -0.3 is 20.7 Å². The number of hydrogen-bond donors (Lipinski definition) is 2. The number of ether oxygens (including phenoxy) is 1. The topological polar surface area (TPSA) is 84.7 Å². The van der Waals surface area contributed by atoms with Crippen LogP contribution in [0.25, 0.3) is 0 Å². The molecule has 1 aromatic carbocycles. The van der Waals surface area contributed by atoms with Gasteiger partial charge in [-0.1, -0.05) is 0 Å². The number of rotatable bonds is 4. The zero-order valence-electron chi connectivity index (χ0n) is 15.9. The highest BCUT2D eigenvalue weighted by Gasteiger charge is 2.31. The number of hydrogen-bond acceptors (Lipinski definition) is 5. The number of nitrogens with one attached hydrogen (secondary N) is 1. The number of nitrogens with two attached hydrogens (primary N) is 1. The lowest BCUT2D eigenvalue weighted by Gasteiger charge is -2.35. The van der Waals surface area contributed by atoms with Gasteiger partial charge in [0.25, 0.3) is 0 Å². The minimum absolute atomic E-state index is 0.0192. The van der Waals surface area contributed by atoms with E-state index in [1.165, 1.54) is 0 Å². The lowest BCUT2D eigenvalue weighted by Crippen LogP contribution is -2.49. The summed E-state index contributed by atoms with van der Waals surface area (Å²) in [5.41, 5.74) is 7.97. The Hall–Kier alpha value is -2.24. The van der Waals surface area contributed by atoms with Crippen LogP contribution in [0.4, 0.5) is 16.2 Å². The van der Waals surface area contributed by atoms with Crippen LogP contribution in [0.5, 0.6) is 0 Å². The number of alkyl carbamates (subject to hydrolysis) is 1. The second-order valence-corrected chi connectivity index (χ2v) is 8.34. The number of anilines is 2. The number of nitrogen functional groups attached to an aromatic ring is 1. The van der Waals surface area contributed by atoms with Crippen LogP contribution in [-0.4, -0.2) is 36.6 Å². The van der Waals surface area contributed by atoms with Crippen molar-refractivity contribution < 1.29 is 14.3 Å². The molecule has 2 fully saturated rings. The number of piperidine rings is 1. The van der Waals surface area contributed by atoms with Gasteiger partial charge in [0, 0.05) is 30.6 Å². The van der Waals surface area contributed by atoms with E-state index < -0.39 is 5.60 Å². The van der Waals surface area contributed by atoms with Gasteiger partial charge in [-0.25, -0.2) is 4.79 Å². The van der Waals surface area contributed by atoms with Crippen LogP contribution >= 0.6 is 0 Å². The standard InChI is InChI=1S/C20H29N3O3/c1-20(2,3)26-19(25)22-15-5-4-10-23(12-15)17-9-8-14(11-16(17)21)18(24)13-6-7-13/h8-9,11,13,15H,4-7,10,12,21H2,1-3H3,(H,22,25). The molecule has 1 aromatic rings. The molecule has 1 atom stereocenters. The number of Topliss-reactive ketones (excluding diaryl/α,β-unsaturated/α-hetero) is 1. The average molecular weight is 359 g/mol. The summed E-state index contributed by atoms with van der Waals surface area (Å²) in [6.45, 7) is 7.12. The molecule has 142 valence electrons. The Morgan fingerprint density at radius 3 is 2.58 bits per heavy atom. The van der Waals surface area contributed by atoms with Gasteiger partial charge in [0.2, 0.25) is 0 Å². The maximum atomic E-state index is 12.2. The Labute approximate surface area is 155 Å². The van der Waals surface area contributed by atoms with Crippen LogP contribution < -0.4 is 16.0 Å². The van der Waals surface area contributed by atoms with E-state index in [-0.39, 0.29) is 23.8 Å². The molecule has 1 amide bonds. The molecule has 2 aliphatic rings. The molecule has 3 rings (SSSR count).